The first-order valence-electron chi connectivity index (χ1n) is 5.78. The number of H-pyrrole nitrogens is 1. The molecule has 0 radical (unpaired) electrons. The maximum atomic E-state index is 12.2. The number of nitrogens with zero attached hydrogens (tertiary/aromatic N) is 3. The molecule has 0 fully saturated rings. The van der Waals surface area contributed by atoms with Crippen molar-refractivity contribution in [3.05, 3.63) is 24.4 Å². The monoisotopic (exact) mass is 284 g/mol. The molecule has 9 heteroatoms. The average Bonchev–Trinajstić information content (AvgIpc) is 2.96. The van der Waals surface area contributed by atoms with Crippen molar-refractivity contribution in [2.75, 3.05) is 5.73 Å². The molecule has 0 aliphatic rings. The Kier molecular flexibility index (Phi) is 3.58. The quantitative estimate of drug-likeness (QED) is 0.727. The van der Waals surface area contributed by atoms with Gasteiger partial charge in [-0.2, -0.15) is 5.10 Å². The van der Waals surface area contributed by atoms with E-state index >= 15 is 0 Å². The molecule has 2 aromatic heterocycles. The highest BCUT2D eigenvalue weighted by molar-refractivity contribution is 7.89. The van der Waals surface area contributed by atoms with Crippen LogP contribution in [0.15, 0.2) is 23.5 Å². The van der Waals surface area contributed by atoms with Crippen LogP contribution in [0.5, 0.6) is 0 Å². The zero-order valence-corrected chi connectivity index (χ0v) is 11.5. The highest BCUT2D eigenvalue weighted by Crippen LogP contribution is 2.18. The average molecular weight is 284 g/mol. The molecule has 0 amide bonds. The van der Waals surface area contributed by atoms with Gasteiger partial charge in [-0.1, -0.05) is 0 Å². The lowest BCUT2D eigenvalue weighted by Gasteiger charge is -2.11. The number of hydrogen-bond acceptors (Lipinski definition) is 5. The Labute approximate surface area is 111 Å². The van der Waals surface area contributed by atoms with Gasteiger partial charge in [0.2, 0.25) is 10.0 Å². The van der Waals surface area contributed by atoms with Gasteiger partial charge in [0.05, 0.1) is 6.04 Å². The number of imidazole rings is 1. The Morgan fingerprint density at radius 1 is 1.58 bits per heavy atom. The predicted octanol–water partition coefficient (Wildman–Crippen LogP) is 0.248. The third-order valence-electron chi connectivity index (χ3n) is 2.63. The van der Waals surface area contributed by atoms with E-state index < -0.39 is 16.1 Å². The van der Waals surface area contributed by atoms with Crippen LogP contribution < -0.4 is 10.5 Å². The summed E-state index contributed by atoms with van der Waals surface area (Å²) < 4.78 is 28.4. The SMILES string of the molecule is CCn1cc(S(=O)(=O)NC(C)c2ncc[nH]2)c(N)n1. The van der Waals surface area contributed by atoms with Crippen molar-refractivity contribution in [2.45, 2.75) is 31.3 Å². The number of aromatic amines is 1. The first-order valence-corrected chi connectivity index (χ1v) is 7.27. The van der Waals surface area contributed by atoms with Gasteiger partial charge in [0.1, 0.15) is 10.7 Å². The molecule has 0 bridgehead atoms. The molecule has 1 unspecified atom stereocenters. The first-order chi connectivity index (χ1) is 8.94. The molecular formula is C10H16N6O2S. The summed E-state index contributed by atoms with van der Waals surface area (Å²) >= 11 is 0. The molecule has 2 aromatic rings. The molecule has 0 aliphatic heterocycles. The van der Waals surface area contributed by atoms with Crippen LogP contribution in [0.2, 0.25) is 0 Å². The van der Waals surface area contributed by atoms with Crippen LogP contribution in [-0.4, -0.2) is 28.2 Å². The third kappa shape index (κ3) is 2.76. The van der Waals surface area contributed by atoms with Crippen LogP contribution in [0.3, 0.4) is 0 Å². The van der Waals surface area contributed by atoms with Gasteiger partial charge in [0.25, 0.3) is 0 Å². The summed E-state index contributed by atoms with van der Waals surface area (Å²) in [5.41, 5.74) is 5.62. The number of anilines is 1. The van der Waals surface area contributed by atoms with Crippen molar-refractivity contribution in [3.8, 4) is 0 Å². The molecule has 19 heavy (non-hydrogen) atoms. The minimum Gasteiger partial charge on any atom is -0.381 e. The highest BCUT2D eigenvalue weighted by Gasteiger charge is 2.24. The van der Waals surface area contributed by atoms with Gasteiger partial charge in [-0.05, 0) is 13.8 Å². The Morgan fingerprint density at radius 3 is 2.84 bits per heavy atom. The molecular weight excluding hydrogens is 268 g/mol. The van der Waals surface area contributed by atoms with Crippen LogP contribution in [-0.2, 0) is 16.6 Å². The van der Waals surface area contributed by atoms with E-state index in [0.717, 1.165) is 0 Å². The lowest BCUT2D eigenvalue weighted by molar-refractivity contribution is 0.561. The summed E-state index contributed by atoms with van der Waals surface area (Å²) in [7, 11) is -3.72. The standard InChI is InChI=1S/C10H16N6O2S/c1-3-16-6-8(9(11)14-16)19(17,18)15-7(2)10-12-4-5-13-10/h4-7,15H,3H2,1-2H3,(H2,11,14)(H,12,13). The topological polar surface area (TPSA) is 119 Å². The van der Waals surface area contributed by atoms with Gasteiger partial charge in [0, 0.05) is 25.1 Å². The van der Waals surface area contributed by atoms with Crippen LogP contribution in [0, 0.1) is 0 Å². The number of nitrogens with two attached hydrogens (primary N) is 1. The summed E-state index contributed by atoms with van der Waals surface area (Å²) in [6, 6.07) is -0.482. The Balaban J connectivity index is 2.25. The van der Waals surface area contributed by atoms with E-state index in [4.69, 9.17) is 5.73 Å². The van der Waals surface area contributed by atoms with E-state index in [9.17, 15) is 8.42 Å². The fraction of sp³-hybridized carbons (Fsp3) is 0.400. The molecule has 2 rings (SSSR count). The van der Waals surface area contributed by atoms with Gasteiger partial charge in [-0.15, -0.1) is 0 Å². The summed E-state index contributed by atoms with van der Waals surface area (Å²) in [6.07, 6.45) is 4.60. The van der Waals surface area contributed by atoms with Crippen molar-refractivity contribution in [2.24, 2.45) is 0 Å². The fourth-order valence-electron chi connectivity index (χ4n) is 1.65. The Bertz CT molecular complexity index is 646. The zero-order chi connectivity index (χ0) is 14.0. The maximum absolute atomic E-state index is 12.2. The minimum absolute atomic E-state index is 0.0130. The van der Waals surface area contributed by atoms with Crippen molar-refractivity contribution in [1.82, 2.24) is 24.5 Å². The third-order valence-corrected chi connectivity index (χ3v) is 4.19. The van der Waals surface area contributed by atoms with Crippen molar-refractivity contribution in [3.63, 3.8) is 0 Å². The molecule has 2 heterocycles. The number of nitrogens with one attached hydrogen (secondary N) is 2. The van der Waals surface area contributed by atoms with E-state index in [1.165, 1.54) is 10.9 Å². The summed E-state index contributed by atoms with van der Waals surface area (Å²) in [5.74, 6) is 0.519. The van der Waals surface area contributed by atoms with Gasteiger partial charge in [0.15, 0.2) is 5.82 Å². The fourth-order valence-corrected chi connectivity index (χ4v) is 2.93. The summed E-state index contributed by atoms with van der Waals surface area (Å²) in [4.78, 5) is 6.83. The smallest absolute Gasteiger partial charge is 0.246 e. The van der Waals surface area contributed by atoms with E-state index in [2.05, 4.69) is 19.8 Å². The highest BCUT2D eigenvalue weighted by atomic mass is 32.2. The Morgan fingerprint density at radius 2 is 2.32 bits per heavy atom. The molecule has 0 saturated heterocycles. The number of rotatable bonds is 5. The van der Waals surface area contributed by atoms with Gasteiger partial charge in [-0.25, -0.2) is 18.1 Å². The van der Waals surface area contributed by atoms with Gasteiger partial charge < -0.3 is 10.7 Å². The largest absolute Gasteiger partial charge is 0.381 e. The Hall–Kier alpha value is -1.87. The number of aryl methyl sites for hydroxylation is 1. The lowest BCUT2D eigenvalue weighted by atomic mass is 10.3. The van der Waals surface area contributed by atoms with Crippen molar-refractivity contribution >= 4 is 15.8 Å². The van der Waals surface area contributed by atoms with Crippen LogP contribution in [0.25, 0.3) is 0 Å². The molecule has 1 atom stereocenters. The van der Waals surface area contributed by atoms with Crippen LogP contribution in [0.4, 0.5) is 5.82 Å². The van der Waals surface area contributed by atoms with Crippen LogP contribution >= 0.6 is 0 Å². The van der Waals surface area contributed by atoms with Crippen molar-refractivity contribution < 1.29 is 8.42 Å². The normalized spacial score (nSPS) is 13.6. The van der Waals surface area contributed by atoms with Crippen LogP contribution in [0.1, 0.15) is 25.7 Å². The van der Waals surface area contributed by atoms with E-state index in [0.29, 0.717) is 12.4 Å². The van der Waals surface area contributed by atoms with Gasteiger partial charge >= 0.3 is 0 Å². The molecule has 4 N–H and O–H groups in total. The molecule has 104 valence electrons. The lowest BCUT2D eigenvalue weighted by Crippen LogP contribution is -2.27. The molecule has 0 aliphatic carbocycles. The summed E-state index contributed by atoms with van der Waals surface area (Å²) in [6.45, 7) is 4.09. The molecule has 0 saturated carbocycles. The summed E-state index contributed by atoms with van der Waals surface area (Å²) in [5, 5.41) is 3.92. The molecule has 8 nitrogen and oxygen atoms in total. The minimum atomic E-state index is -3.72. The van der Waals surface area contributed by atoms with Crippen molar-refractivity contribution in [1.29, 1.82) is 0 Å². The number of sulfonamides is 1. The molecule has 0 spiro atoms. The van der Waals surface area contributed by atoms with Gasteiger partial charge in [-0.3, -0.25) is 4.68 Å². The zero-order valence-electron chi connectivity index (χ0n) is 10.7. The molecule has 0 aromatic carbocycles. The first kappa shape index (κ1) is 13.6. The number of nitrogen functional groups attached to an aromatic ring is 1. The number of aromatic nitrogens is 4. The maximum Gasteiger partial charge on any atom is 0.246 e. The van der Waals surface area contributed by atoms with E-state index in [1.807, 2.05) is 6.92 Å². The van der Waals surface area contributed by atoms with E-state index in [-0.39, 0.29) is 10.7 Å². The second kappa shape index (κ2) is 5.02. The number of hydrogen-bond donors (Lipinski definition) is 3. The van der Waals surface area contributed by atoms with E-state index in [1.54, 1.807) is 19.3 Å². The second-order valence-corrected chi connectivity index (χ2v) is 5.73. The second-order valence-electron chi connectivity index (χ2n) is 4.05. The predicted molar refractivity (Wildman–Crippen MR) is 69.6 cm³/mol.